The summed E-state index contributed by atoms with van der Waals surface area (Å²) in [5.74, 6) is -4.45. The molecule has 3 rings (SSSR count). The number of nitrogen functional groups attached to an aromatic ring is 1. The second-order valence-corrected chi connectivity index (χ2v) is 4.72. The number of nitrogens with two attached hydrogens (primary N) is 1. The lowest BCUT2D eigenvalue weighted by Gasteiger charge is -1.95. The van der Waals surface area contributed by atoms with Crippen molar-refractivity contribution in [3.05, 3.63) is 24.7 Å². The number of aliphatic carboxylic acids is 2. The average Bonchev–Trinajstić information content (AvgIpc) is 3.21. The first kappa shape index (κ1) is 23.2. The first-order valence-electron chi connectivity index (χ1n) is 6.93. The topological polar surface area (TPSA) is 171 Å². The van der Waals surface area contributed by atoms with Crippen LogP contribution < -0.4 is 5.73 Å². The van der Waals surface area contributed by atoms with Crippen LogP contribution in [0.2, 0.25) is 0 Å². The van der Waals surface area contributed by atoms with Crippen molar-refractivity contribution in [1.29, 1.82) is 0 Å². The summed E-state index contributed by atoms with van der Waals surface area (Å²) in [4.78, 5) is 36.3. The first-order valence-corrected chi connectivity index (χ1v) is 6.93. The monoisotopic (exact) mass is 428 g/mol. The van der Waals surface area contributed by atoms with Crippen molar-refractivity contribution in [2.45, 2.75) is 12.4 Å². The van der Waals surface area contributed by atoms with Gasteiger partial charge in [0, 0.05) is 18.6 Å². The molecule has 0 aliphatic carbocycles. The third-order valence-corrected chi connectivity index (χ3v) is 2.63. The number of nitrogens with zero attached hydrogens (tertiary/aromatic N) is 3. The van der Waals surface area contributed by atoms with E-state index in [0.717, 1.165) is 11.0 Å². The van der Waals surface area contributed by atoms with Crippen LogP contribution in [0.1, 0.15) is 0 Å². The number of carboxylic acid groups (broad SMARTS) is 2. The fourth-order valence-electron chi connectivity index (χ4n) is 1.52. The molecule has 0 radical (unpaired) electrons. The van der Waals surface area contributed by atoms with E-state index in [2.05, 4.69) is 24.9 Å². The highest BCUT2D eigenvalue weighted by Gasteiger charge is 2.38. The number of hydrogen-bond acceptors (Lipinski definition) is 6. The van der Waals surface area contributed by atoms with Crippen LogP contribution in [0, 0.1) is 0 Å². The first-order chi connectivity index (χ1) is 13.2. The number of anilines is 1. The molecule has 0 amide bonds. The van der Waals surface area contributed by atoms with Gasteiger partial charge in [-0.3, -0.25) is 4.98 Å². The van der Waals surface area contributed by atoms with Gasteiger partial charge in [-0.2, -0.15) is 26.3 Å². The van der Waals surface area contributed by atoms with Crippen LogP contribution in [0.5, 0.6) is 0 Å². The Hall–Kier alpha value is -3.85. The largest absolute Gasteiger partial charge is 0.490 e. The molecule has 0 bridgehead atoms. The molecule has 158 valence electrons. The zero-order valence-corrected chi connectivity index (χ0v) is 13.7. The van der Waals surface area contributed by atoms with E-state index in [1.165, 1.54) is 0 Å². The smallest absolute Gasteiger partial charge is 0.475 e. The molecule has 3 heterocycles. The van der Waals surface area contributed by atoms with Crippen molar-refractivity contribution in [1.82, 2.24) is 24.9 Å². The molecule has 0 fully saturated rings. The van der Waals surface area contributed by atoms with E-state index in [4.69, 9.17) is 25.5 Å². The number of hydrogen-bond donors (Lipinski definition) is 5. The molecule has 0 aliphatic heterocycles. The highest BCUT2D eigenvalue weighted by atomic mass is 19.4. The fraction of sp³-hybridized carbons (Fsp3) is 0.154. The second-order valence-electron chi connectivity index (χ2n) is 4.72. The number of aromatic nitrogens is 5. The second kappa shape index (κ2) is 8.89. The summed E-state index contributed by atoms with van der Waals surface area (Å²) in [6.45, 7) is 0. The van der Waals surface area contributed by atoms with Crippen LogP contribution in [0.3, 0.4) is 0 Å². The average molecular weight is 428 g/mol. The van der Waals surface area contributed by atoms with E-state index in [-0.39, 0.29) is 0 Å². The number of H-pyrrole nitrogens is 2. The van der Waals surface area contributed by atoms with Gasteiger partial charge in [-0.15, -0.1) is 0 Å². The van der Waals surface area contributed by atoms with E-state index in [9.17, 15) is 26.3 Å². The van der Waals surface area contributed by atoms with Gasteiger partial charge in [-0.25, -0.2) is 19.6 Å². The Bertz CT molecular complexity index is 942. The molecule has 3 aromatic heterocycles. The van der Waals surface area contributed by atoms with Gasteiger partial charge < -0.3 is 25.9 Å². The van der Waals surface area contributed by atoms with Crippen LogP contribution in [0.25, 0.3) is 22.6 Å². The highest BCUT2D eigenvalue weighted by molar-refractivity contribution is 5.88. The molecule has 0 aromatic carbocycles. The molecule has 10 nitrogen and oxygen atoms in total. The number of rotatable bonds is 1. The van der Waals surface area contributed by atoms with Crippen LogP contribution in [0.15, 0.2) is 24.7 Å². The number of carbonyl (C=O) groups is 2. The van der Waals surface area contributed by atoms with Gasteiger partial charge in [-0.1, -0.05) is 0 Å². The molecule has 0 saturated carbocycles. The number of fused-ring (bicyclic) bond motifs is 1. The maximum atomic E-state index is 10.6. The van der Waals surface area contributed by atoms with Gasteiger partial charge in [0.2, 0.25) is 0 Å². The Morgan fingerprint density at radius 3 is 1.90 bits per heavy atom. The van der Waals surface area contributed by atoms with Crippen molar-refractivity contribution in [3.8, 4) is 11.5 Å². The summed E-state index contributed by atoms with van der Waals surface area (Å²) in [7, 11) is 0. The fourth-order valence-corrected chi connectivity index (χ4v) is 1.52. The zero-order chi connectivity index (χ0) is 22.4. The summed E-state index contributed by atoms with van der Waals surface area (Å²) in [5, 5.41) is 14.2. The van der Waals surface area contributed by atoms with Crippen LogP contribution in [-0.2, 0) is 9.59 Å². The molecule has 29 heavy (non-hydrogen) atoms. The summed E-state index contributed by atoms with van der Waals surface area (Å²) < 4.78 is 63.5. The van der Waals surface area contributed by atoms with Gasteiger partial charge in [0.15, 0.2) is 11.8 Å². The number of alkyl halides is 6. The quantitative estimate of drug-likeness (QED) is 0.367. The van der Waals surface area contributed by atoms with Gasteiger partial charge >= 0.3 is 24.3 Å². The maximum Gasteiger partial charge on any atom is 0.490 e. The van der Waals surface area contributed by atoms with E-state index < -0.39 is 24.3 Å². The molecule has 0 unspecified atom stereocenters. The van der Waals surface area contributed by atoms with E-state index >= 15 is 0 Å². The maximum absolute atomic E-state index is 10.6. The van der Waals surface area contributed by atoms with Gasteiger partial charge in [0.05, 0.1) is 5.52 Å². The van der Waals surface area contributed by atoms with Crippen molar-refractivity contribution in [3.63, 3.8) is 0 Å². The molecule has 0 spiro atoms. The molecule has 16 heteroatoms. The Balaban J connectivity index is 0.000000255. The summed E-state index contributed by atoms with van der Waals surface area (Å²) in [6, 6.07) is 1.82. The van der Waals surface area contributed by atoms with Gasteiger partial charge in [-0.05, 0) is 6.07 Å². The molecule has 0 saturated heterocycles. The third-order valence-electron chi connectivity index (χ3n) is 2.63. The van der Waals surface area contributed by atoms with Crippen molar-refractivity contribution < 1.29 is 46.1 Å². The number of aromatic amines is 2. The van der Waals surface area contributed by atoms with Gasteiger partial charge in [0.25, 0.3) is 0 Å². The summed E-state index contributed by atoms with van der Waals surface area (Å²) in [5.41, 5.74) is 7.87. The minimum Gasteiger partial charge on any atom is -0.475 e. The molecule has 0 atom stereocenters. The SMILES string of the molecule is Nc1nc2c(-c3ncc[nH]3)nccc2[nH]1.O=C(O)C(F)(F)F.O=C(O)C(F)(F)F. The van der Waals surface area contributed by atoms with E-state index in [1.807, 2.05) is 6.07 Å². The molecule has 3 aromatic rings. The summed E-state index contributed by atoms with van der Waals surface area (Å²) >= 11 is 0. The van der Waals surface area contributed by atoms with Crippen molar-refractivity contribution in [2.75, 3.05) is 5.73 Å². The lowest BCUT2D eigenvalue weighted by Crippen LogP contribution is -2.21. The molecular weight excluding hydrogens is 418 g/mol. The molecule has 6 N–H and O–H groups in total. The van der Waals surface area contributed by atoms with Crippen LogP contribution >= 0.6 is 0 Å². The number of carboxylic acids is 2. The highest BCUT2D eigenvalue weighted by Crippen LogP contribution is 2.22. The third kappa shape index (κ3) is 7.00. The minimum atomic E-state index is -5.08. The standard InChI is InChI=1S/C9H8N6.2C2HF3O2/c10-9-14-5-1-2-11-7(6(5)15-9)8-12-3-4-13-8;2*3-2(4,5)1(6)7/h1-4H,(H,12,13)(H3,10,14,15);2*(H,6,7). The Kier molecular flexibility index (Phi) is 7.11. The number of halogens is 6. The van der Waals surface area contributed by atoms with Crippen LogP contribution in [0.4, 0.5) is 32.3 Å². The Morgan fingerprint density at radius 1 is 0.966 bits per heavy atom. The number of pyridine rings is 1. The molecule has 0 aliphatic rings. The Morgan fingerprint density at radius 2 is 1.48 bits per heavy atom. The number of nitrogens with one attached hydrogen (secondary N) is 2. The van der Waals surface area contributed by atoms with E-state index in [0.29, 0.717) is 17.5 Å². The van der Waals surface area contributed by atoms with Crippen molar-refractivity contribution in [2.24, 2.45) is 0 Å². The number of imidazole rings is 2. The lowest BCUT2D eigenvalue weighted by molar-refractivity contribution is -0.193. The predicted octanol–water partition coefficient (Wildman–Crippen LogP) is 2.20. The minimum absolute atomic E-state index is 0.380. The lowest BCUT2D eigenvalue weighted by atomic mass is 10.3. The Labute approximate surface area is 155 Å². The van der Waals surface area contributed by atoms with Crippen LogP contribution in [-0.4, -0.2) is 59.4 Å². The zero-order valence-electron chi connectivity index (χ0n) is 13.7. The summed E-state index contributed by atoms with van der Waals surface area (Å²) in [6.07, 6.45) is -5.06. The van der Waals surface area contributed by atoms with Crippen molar-refractivity contribution >= 4 is 28.9 Å². The van der Waals surface area contributed by atoms with E-state index in [1.54, 1.807) is 18.6 Å². The normalized spacial score (nSPS) is 11.1. The predicted molar refractivity (Wildman–Crippen MR) is 83.3 cm³/mol. The molecular formula is C13H10F6N6O4. The van der Waals surface area contributed by atoms with Gasteiger partial charge in [0.1, 0.15) is 11.2 Å².